The minimum atomic E-state index is -0.391. The summed E-state index contributed by atoms with van der Waals surface area (Å²) in [6.45, 7) is 4.28. The molecule has 0 fully saturated rings. The van der Waals surface area contributed by atoms with Gasteiger partial charge in [0.05, 0.1) is 23.3 Å². The highest BCUT2D eigenvalue weighted by Crippen LogP contribution is 2.24. The second kappa shape index (κ2) is 5.33. The molecule has 3 nitrogen and oxygen atoms in total. The highest BCUT2D eigenvalue weighted by molar-refractivity contribution is 7.71. The smallest absolute Gasteiger partial charge is 0.182 e. The first kappa shape index (κ1) is 13.8. The third-order valence-electron chi connectivity index (χ3n) is 3.31. The van der Waals surface area contributed by atoms with Crippen molar-refractivity contribution in [1.82, 2.24) is 9.55 Å². The van der Waals surface area contributed by atoms with Crippen LogP contribution in [0.2, 0.25) is 0 Å². The number of aromatic amines is 1. The number of aryl methyl sites for hydroxylation is 1. The van der Waals surface area contributed by atoms with Crippen LogP contribution in [-0.4, -0.2) is 16.2 Å². The van der Waals surface area contributed by atoms with Crippen LogP contribution in [0.3, 0.4) is 0 Å². The lowest BCUT2D eigenvalue weighted by Gasteiger charge is -2.08. The van der Waals surface area contributed by atoms with E-state index in [9.17, 15) is 4.39 Å². The number of rotatable bonds is 3. The molecule has 2 aromatic carbocycles. The summed E-state index contributed by atoms with van der Waals surface area (Å²) in [5.41, 5.74) is 3.68. The summed E-state index contributed by atoms with van der Waals surface area (Å²) in [5.74, 6) is -0.138. The van der Waals surface area contributed by atoms with Crippen molar-refractivity contribution in [2.75, 3.05) is 6.61 Å². The highest BCUT2D eigenvalue weighted by atomic mass is 32.1. The third kappa shape index (κ3) is 2.45. The number of nitrogens with one attached hydrogen (secondary N) is 1. The fraction of sp³-hybridized carbons (Fsp3) is 0.188. The van der Waals surface area contributed by atoms with E-state index in [1.165, 1.54) is 6.07 Å². The van der Waals surface area contributed by atoms with Crippen LogP contribution in [0.4, 0.5) is 4.39 Å². The van der Waals surface area contributed by atoms with E-state index in [-0.39, 0.29) is 5.75 Å². The van der Waals surface area contributed by atoms with Gasteiger partial charge in [0.2, 0.25) is 0 Å². The maximum absolute atomic E-state index is 14.0. The Kier molecular flexibility index (Phi) is 3.51. The van der Waals surface area contributed by atoms with Gasteiger partial charge in [0.15, 0.2) is 16.3 Å². The molecule has 0 amide bonds. The van der Waals surface area contributed by atoms with E-state index < -0.39 is 5.82 Å². The molecule has 0 unspecified atom stereocenters. The lowest BCUT2D eigenvalue weighted by molar-refractivity contribution is 0.321. The first-order chi connectivity index (χ1) is 10.1. The van der Waals surface area contributed by atoms with Gasteiger partial charge in [0, 0.05) is 6.07 Å². The average Bonchev–Trinajstić information content (AvgIpc) is 2.76. The van der Waals surface area contributed by atoms with Crippen molar-refractivity contribution in [2.24, 2.45) is 0 Å². The molecule has 0 atom stereocenters. The normalized spacial score (nSPS) is 11.0. The zero-order valence-electron chi connectivity index (χ0n) is 11.8. The van der Waals surface area contributed by atoms with Gasteiger partial charge in [-0.05, 0) is 55.9 Å². The second-order valence-electron chi connectivity index (χ2n) is 4.83. The number of benzene rings is 2. The Labute approximate surface area is 127 Å². The van der Waals surface area contributed by atoms with E-state index in [4.69, 9.17) is 17.0 Å². The van der Waals surface area contributed by atoms with Crippen molar-refractivity contribution in [3.63, 3.8) is 0 Å². The van der Waals surface area contributed by atoms with Crippen molar-refractivity contribution >= 4 is 23.3 Å². The number of H-pyrrole nitrogens is 1. The van der Waals surface area contributed by atoms with Gasteiger partial charge in [-0.15, -0.1) is 0 Å². The molecule has 108 valence electrons. The molecule has 0 aliphatic carbocycles. The van der Waals surface area contributed by atoms with Crippen molar-refractivity contribution < 1.29 is 9.13 Å². The molecule has 3 rings (SSSR count). The maximum atomic E-state index is 14.0. The number of fused-ring (bicyclic) bond motifs is 1. The van der Waals surface area contributed by atoms with Crippen molar-refractivity contribution in [1.29, 1.82) is 0 Å². The molecule has 0 saturated heterocycles. The Morgan fingerprint density at radius 3 is 2.76 bits per heavy atom. The van der Waals surface area contributed by atoms with Gasteiger partial charge in [0.1, 0.15) is 0 Å². The van der Waals surface area contributed by atoms with Crippen LogP contribution in [0.1, 0.15) is 12.5 Å². The predicted octanol–water partition coefficient (Wildman–Crippen LogP) is 4.53. The summed E-state index contributed by atoms with van der Waals surface area (Å²) in [7, 11) is 0. The van der Waals surface area contributed by atoms with E-state index in [0.29, 0.717) is 17.1 Å². The number of hydrogen-bond acceptors (Lipinski definition) is 2. The number of ether oxygens (including phenoxy) is 1. The first-order valence-electron chi connectivity index (χ1n) is 6.74. The van der Waals surface area contributed by atoms with Crippen molar-refractivity contribution in [2.45, 2.75) is 13.8 Å². The summed E-state index contributed by atoms with van der Waals surface area (Å²) >= 11 is 5.36. The molecule has 1 heterocycles. The number of nitrogens with zero attached hydrogens (tertiary/aromatic N) is 1. The average molecular weight is 302 g/mol. The van der Waals surface area contributed by atoms with Gasteiger partial charge < -0.3 is 9.72 Å². The molecule has 1 N–H and O–H groups in total. The molecule has 1 aromatic heterocycles. The van der Waals surface area contributed by atoms with Crippen LogP contribution < -0.4 is 4.74 Å². The van der Waals surface area contributed by atoms with Crippen molar-refractivity contribution in [3.8, 4) is 11.4 Å². The lowest BCUT2D eigenvalue weighted by atomic mass is 10.2. The molecule has 5 heteroatoms. The van der Waals surface area contributed by atoms with E-state index in [2.05, 4.69) is 4.98 Å². The van der Waals surface area contributed by atoms with Crippen LogP contribution in [-0.2, 0) is 0 Å². The Hall–Kier alpha value is -2.14. The molecule has 0 aliphatic rings. The second-order valence-corrected chi connectivity index (χ2v) is 5.22. The van der Waals surface area contributed by atoms with Gasteiger partial charge in [-0.1, -0.05) is 6.07 Å². The van der Waals surface area contributed by atoms with Crippen molar-refractivity contribution in [3.05, 3.63) is 52.5 Å². The zero-order valence-corrected chi connectivity index (χ0v) is 12.6. The molecule has 0 radical (unpaired) electrons. The summed E-state index contributed by atoms with van der Waals surface area (Å²) in [5, 5.41) is 0. The monoisotopic (exact) mass is 302 g/mol. The molecular weight excluding hydrogens is 287 g/mol. The zero-order chi connectivity index (χ0) is 15.0. The fourth-order valence-electron chi connectivity index (χ4n) is 2.38. The number of hydrogen-bond donors (Lipinski definition) is 1. The van der Waals surface area contributed by atoms with Crippen LogP contribution in [0.25, 0.3) is 16.7 Å². The maximum Gasteiger partial charge on any atom is 0.182 e. The molecule has 3 aromatic rings. The van der Waals surface area contributed by atoms with E-state index in [1.54, 1.807) is 12.1 Å². The third-order valence-corrected chi connectivity index (χ3v) is 3.60. The summed E-state index contributed by atoms with van der Waals surface area (Å²) in [6, 6.07) is 10.9. The van der Waals surface area contributed by atoms with Gasteiger partial charge in [-0.2, -0.15) is 0 Å². The first-order valence-corrected chi connectivity index (χ1v) is 7.15. The Morgan fingerprint density at radius 2 is 2.05 bits per heavy atom. The molecular formula is C16H15FN2OS. The van der Waals surface area contributed by atoms with E-state index in [1.807, 2.05) is 36.6 Å². The number of aromatic nitrogens is 2. The molecule has 0 aliphatic heterocycles. The Balaban J connectivity index is 2.18. The minimum Gasteiger partial charge on any atom is -0.491 e. The van der Waals surface area contributed by atoms with Gasteiger partial charge >= 0.3 is 0 Å². The van der Waals surface area contributed by atoms with Gasteiger partial charge in [-0.3, -0.25) is 4.57 Å². The topological polar surface area (TPSA) is 29.9 Å². The predicted molar refractivity (Wildman–Crippen MR) is 84.3 cm³/mol. The summed E-state index contributed by atoms with van der Waals surface area (Å²) in [4.78, 5) is 3.15. The molecule has 0 bridgehead atoms. The Bertz CT molecular complexity index is 866. The van der Waals surface area contributed by atoms with E-state index >= 15 is 0 Å². The molecule has 0 spiro atoms. The largest absolute Gasteiger partial charge is 0.491 e. The SMILES string of the molecule is CCOc1ccc(-n2c(=S)[nH]c3cc(C)ccc32)cc1F. The van der Waals surface area contributed by atoms with Crippen LogP contribution in [0, 0.1) is 17.5 Å². The lowest BCUT2D eigenvalue weighted by Crippen LogP contribution is -1.98. The summed E-state index contributed by atoms with van der Waals surface area (Å²) in [6.07, 6.45) is 0. The quantitative estimate of drug-likeness (QED) is 0.720. The molecule has 21 heavy (non-hydrogen) atoms. The Morgan fingerprint density at radius 1 is 1.24 bits per heavy atom. The fourth-order valence-corrected chi connectivity index (χ4v) is 2.70. The standard InChI is InChI=1S/C16H15FN2OS/c1-3-20-15-7-5-11(9-12(15)17)19-14-6-4-10(2)8-13(14)18-16(19)21/h4-9H,3H2,1-2H3,(H,18,21). The number of imidazole rings is 1. The van der Waals surface area contributed by atoms with Crippen LogP contribution in [0.15, 0.2) is 36.4 Å². The van der Waals surface area contributed by atoms with Crippen LogP contribution >= 0.6 is 12.2 Å². The molecule has 0 saturated carbocycles. The van der Waals surface area contributed by atoms with Gasteiger partial charge in [-0.25, -0.2) is 4.39 Å². The number of halogens is 1. The summed E-state index contributed by atoms with van der Waals surface area (Å²) < 4.78 is 21.6. The highest BCUT2D eigenvalue weighted by Gasteiger charge is 2.10. The van der Waals surface area contributed by atoms with Gasteiger partial charge in [0.25, 0.3) is 0 Å². The minimum absolute atomic E-state index is 0.253. The van der Waals surface area contributed by atoms with E-state index in [0.717, 1.165) is 16.6 Å². The van der Waals surface area contributed by atoms with Crippen LogP contribution in [0.5, 0.6) is 5.75 Å².